The number of thiazole rings is 1. The van der Waals surface area contributed by atoms with Gasteiger partial charge in [-0.05, 0) is 52.3 Å². The second-order valence-electron chi connectivity index (χ2n) is 8.52. The van der Waals surface area contributed by atoms with Crippen molar-refractivity contribution in [3.63, 3.8) is 0 Å². The van der Waals surface area contributed by atoms with Crippen LogP contribution in [0.2, 0.25) is 0 Å². The van der Waals surface area contributed by atoms with Crippen LogP contribution in [0.3, 0.4) is 0 Å². The summed E-state index contributed by atoms with van der Waals surface area (Å²) in [6.45, 7) is 10.8. The summed E-state index contributed by atoms with van der Waals surface area (Å²) in [5.41, 5.74) is 3.19. The molecular weight excluding hydrogens is 386 g/mol. The van der Waals surface area contributed by atoms with E-state index < -0.39 is 0 Å². The Balaban J connectivity index is 1.51. The first-order valence-corrected chi connectivity index (χ1v) is 10.8. The molecule has 3 aromatic rings. The number of fused-ring (bicyclic) bond motifs is 1. The molecule has 6 nitrogen and oxygen atoms in total. The highest BCUT2D eigenvalue weighted by Crippen LogP contribution is 2.30. The molecule has 1 aromatic carbocycles. The van der Waals surface area contributed by atoms with Crippen molar-refractivity contribution in [1.29, 1.82) is 0 Å². The van der Waals surface area contributed by atoms with Gasteiger partial charge in [-0.15, -0.1) is 11.3 Å². The molecule has 1 N–H and O–H groups in total. The number of aromatic nitrogens is 1. The van der Waals surface area contributed by atoms with E-state index in [0.29, 0.717) is 29.3 Å². The van der Waals surface area contributed by atoms with E-state index in [1.165, 1.54) is 0 Å². The maximum absolute atomic E-state index is 13.1. The minimum Gasteiger partial charge on any atom is -0.488 e. The van der Waals surface area contributed by atoms with Crippen LogP contribution in [0.5, 0.6) is 5.75 Å². The van der Waals surface area contributed by atoms with Gasteiger partial charge in [-0.25, -0.2) is 0 Å². The van der Waals surface area contributed by atoms with Gasteiger partial charge in [0, 0.05) is 36.3 Å². The maximum Gasteiger partial charge on any atom is 0.255 e. The molecule has 7 heteroatoms. The number of amides is 1. The lowest BCUT2D eigenvalue weighted by Gasteiger charge is -2.31. The fourth-order valence-electron chi connectivity index (χ4n) is 3.78. The first kappa shape index (κ1) is 19.9. The van der Waals surface area contributed by atoms with Gasteiger partial charge in [0.2, 0.25) is 0 Å². The first-order valence-electron chi connectivity index (χ1n) is 9.90. The highest BCUT2D eigenvalue weighted by atomic mass is 32.1. The van der Waals surface area contributed by atoms with Crippen LogP contribution in [-0.2, 0) is 6.61 Å². The smallest absolute Gasteiger partial charge is 0.255 e. The van der Waals surface area contributed by atoms with E-state index in [1.807, 2.05) is 25.1 Å². The Morgan fingerprint density at radius 2 is 2.24 bits per heavy atom. The van der Waals surface area contributed by atoms with Crippen molar-refractivity contribution in [3.05, 3.63) is 46.1 Å². The summed E-state index contributed by atoms with van der Waals surface area (Å²) in [5.74, 6) is 1.25. The highest BCUT2D eigenvalue weighted by Gasteiger charge is 2.32. The fraction of sp³-hybridized carbons (Fsp3) is 0.455. The molecule has 1 saturated heterocycles. The average molecular weight is 414 g/mol. The number of benzene rings is 1. The number of furan rings is 1. The van der Waals surface area contributed by atoms with Gasteiger partial charge in [0.05, 0.1) is 16.0 Å². The van der Waals surface area contributed by atoms with Crippen molar-refractivity contribution in [2.75, 3.05) is 13.1 Å². The van der Waals surface area contributed by atoms with E-state index in [-0.39, 0.29) is 17.5 Å². The van der Waals surface area contributed by atoms with E-state index in [9.17, 15) is 4.79 Å². The van der Waals surface area contributed by atoms with E-state index in [2.05, 4.69) is 36.0 Å². The summed E-state index contributed by atoms with van der Waals surface area (Å²) in [4.78, 5) is 20.6. The number of aryl methyl sites for hydroxylation is 1. The van der Waals surface area contributed by atoms with E-state index in [0.717, 1.165) is 29.8 Å². The number of carbonyl (C=O) groups excluding carboxylic acids is 1. The zero-order chi connectivity index (χ0) is 20.6. The molecule has 4 rings (SSSR count). The molecule has 154 valence electrons. The van der Waals surface area contributed by atoms with E-state index in [4.69, 9.17) is 9.15 Å². The normalized spacial score (nSPS) is 17.7. The molecule has 0 aliphatic carbocycles. The molecule has 1 atom stereocenters. The number of rotatable bonds is 5. The van der Waals surface area contributed by atoms with Crippen LogP contribution < -0.4 is 10.1 Å². The molecule has 0 saturated carbocycles. The van der Waals surface area contributed by atoms with Gasteiger partial charge in [0.1, 0.15) is 23.7 Å². The summed E-state index contributed by atoms with van der Waals surface area (Å²) in [5, 5.41) is 3.99. The molecule has 0 bridgehead atoms. The third-order valence-electron chi connectivity index (χ3n) is 5.40. The third kappa shape index (κ3) is 4.31. The minimum atomic E-state index is -0.0818. The molecule has 0 spiro atoms. The number of nitrogens with zero attached hydrogens (tertiary/aromatic N) is 2. The molecule has 2 aromatic heterocycles. The van der Waals surface area contributed by atoms with Crippen LogP contribution >= 0.6 is 11.3 Å². The van der Waals surface area contributed by atoms with Crippen molar-refractivity contribution in [2.45, 2.75) is 52.3 Å². The van der Waals surface area contributed by atoms with Crippen LogP contribution in [-0.4, -0.2) is 40.5 Å². The number of ether oxygens (including phenoxy) is 1. The molecule has 3 heterocycles. The largest absolute Gasteiger partial charge is 0.488 e. The van der Waals surface area contributed by atoms with Crippen molar-refractivity contribution in [3.8, 4) is 5.75 Å². The van der Waals surface area contributed by atoms with Crippen molar-refractivity contribution < 1.29 is 13.9 Å². The summed E-state index contributed by atoms with van der Waals surface area (Å²) in [7, 11) is 0. The Kier molecular flexibility index (Phi) is 5.36. The molecule has 0 unspecified atom stereocenters. The molecule has 1 amide bonds. The fourth-order valence-corrected chi connectivity index (χ4v) is 4.29. The zero-order valence-corrected chi connectivity index (χ0v) is 18.1. The van der Waals surface area contributed by atoms with Gasteiger partial charge in [-0.3, -0.25) is 14.7 Å². The Bertz CT molecular complexity index is 1000. The number of nitrogens with one attached hydrogen (secondary N) is 1. The Hall–Kier alpha value is -2.38. The number of likely N-dealkylation sites (tertiary alicyclic amines) is 1. The quantitative estimate of drug-likeness (QED) is 0.672. The lowest BCUT2D eigenvalue weighted by Crippen LogP contribution is -2.43. The molecular formula is C22H27N3O3S. The maximum atomic E-state index is 13.1. The van der Waals surface area contributed by atoms with Crippen molar-refractivity contribution >= 4 is 28.2 Å². The van der Waals surface area contributed by atoms with Crippen LogP contribution in [0.1, 0.15) is 48.2 Å². The second-order valence-corrected chi connectivity index (χ2v) is 9.49. The molecule has 0 radical (unpaired) electrons. The SMILES string of the molecule is Cc1oc2ccc(OCc3cncs3)cc2c1C(=O)N[C@@H]1CCN(C(C)(C)C)C1. The Labute approximate surface area is 174 Å². The second kappa shape index (κ2) is 7.80. The standard InChI is InChI=1S/C22H27N3O3S/c1-14-20(21(26)24-15-7-8-25(11-15)22(2,3)4)18-9-16(5-6-19(18)28-14)27-12-17-10-23-13-29-17/h5-6,9-10,13,15H,7-8,11-12H2,1-4H3,(H,24,26)/t15-/m1/s1. The zero-order valence-electron chi connectivity index (χ0n) is 17.3. The number of hydrogen-bond donors (Lipinski definition) is 1. The third-order valence-corrected chi connectivity index (χ3v) is 6.15. The molecule has 29 heavy (non-hydrogen) atoms. The van der Waals surface area contributed by atoms with Gasteiger partial charge in [-0.2, -0.15) is 0 Å². The van der Waals surface area contributed by atoms with Gasteiger partial charge >= 0.3 is 0 Å². The van der Waals surface area contributed by atoms with E-state index in [1.54, 1.807) is 23.0 Å². The summed E-state index contributed by atoms with van der Waals surface area (Å²) >= 11 is 1.55. The van der Waals surface area contributed by atoms with Crippen LogP contribution in [0.15, 0.2) is 34.3 Å². The highest BCUT2D eigenvalue weighted by molar-refractivity contribution is 7.09. The Morgan fingerprint density at radius 1 is 1.41 bits per heavy atom. The minimum absolute atomic E-state index is 0.0818. The van der Waals surface area contributed by atoms with Crippen LogP contribution in [0.25, 0.3) is 11.0 Å². The summed E-state index contributed by atoms with van der Waals surface area (Å²) in [6.07, 6.45) is 2.76. The number of carbonyl (C=O) groups is 1. The lowest BCUT2D eigenvalue weighted by atomic mass is 10.1. The van der Waals surface area contributed by atoms with Gasteiger partial charge in [0.15, 0.2) is 0 Å². The topological polar surface area (TPSA) is 67.6 Å². The Morgan fingerprint density at radius 3 is 2.93 bits per heavy atom. The van der Waals surface area contributed by atoms with Crippen LogP contribution in [0, 0.1) is 6.92 Å². The predicted molar refractivity (Wildman–Crippen MR) is 115 cm³/mol. The van der Waals surface area contributed by atoms with Gasteiger partial charge in [-0.1, -0.05) is 0 Å². The predicted octanol–water partition coefficient (Wildman–Crippen LogP) is 4.38. The molecule has 1 fully saturated rings. The lowest BCUT2D eigenvalue weighted by molar-refractivity contribution is 0.0932. The average Bonchev–Trinajstić information content (AvgIpc) is 3.38. The van der Waals surface area contributed by atoms with Crippen molar-refractivity contribution in [1.82, 2.24) is 15.2 Å². The van der Waals surface area contributed by atoms with Crippen LogP contribution in [0.4, 0.5) is 0 Å². The molecule has 1 aliphatic rings. The summed E-state index contributed by atoms with van der Waals surface area (Å²) in [6, 6.07) is 5.76. The van der Waals surface area contributed by atoms with Crippen molar-refractivity contribution in [2.24, 2.45) is 0 Å². The summed E-state index contributed by atoms with van der Waals surface area (Å²) < 4.78 is 11.7. The first-order chi connectivity index (χ1) is 13.8. The monoisotopic (exact) mass is 413 g/mol. The van der Waals surface area contributed by atoms with Gasteiger partial charge < -0.3 is 14.5 Å². The number of hydrogen-bond acceptors (Lipinski definition) is 6. The van der Waals surface area contributed by atoms with E-state index >= 15 is 0 Å². The molecule has 1 aliphatic heterocycles. The van der Waals surface area contributed by atoms with Gasteiger partial charge in [0.25, 0.3) is 5.91 Å².